The first kappa shape index (κ1) is 20.6. The number of hydrogen-bond donors (Lipinski definition) is 2. The van der Waals surface area contributed by atoms with Crippen LogP contribution in [0.25, 0.3) is 22.8 Å². The first-order valence-corrected chi connectivity index (χ1v) is 10.4. The molecular weight excluding hydrogens is 392 g/mol. The third kappa shape index (κ3) is 5.26. The number of aromatic nitrogens is 2. The Kier molecular flexibility index (Phi) is 6.54. The Morgan fingerprint density at radius 2 is 1.81 bits per heavy atom. The molecule has 0 saturated carbocycles. The highest BCUT2D eigenvalue weighted by Crippen LogP contribution is 2.27. The van der Waals surface area contributed by atoms with Gasteiger partial charge in [-0.25, -0.2) is 0 Å². The Bertz CT molecular complexity index is 1110. The molecule has 0 radical (unpaired) electrons. The van der Waals surface area contributed by atoms with Crippen LogP contribution in [0, 0.1) is 0 Å². The molecule has 0 aliphatic rings. The summed E-state index contributed by atoms with van der Waals surface area (Å²) in [4.78, 5) is 13.9. The highest BCUT2D eigenvalue weighted by Gasteiger charge is 2.20. The van der Waals surface area contributed by atoms with Gasteiger partial charge in [-0.3, -0.25) is 4.79 Å². The monoisotopic (exact) mass is 417 g/mol. The number of nitrogens with zero attached hydrogens (tertiary/aromatic N) is 2. The van der Waals surface area contributed by atoms with Gasteiger partial charge < -0.3 is 19.1 Å². The van der Waals surface area contributed by atoms with E-state index in [-0.39, 0.29) is 5.91 Å². The minimum atomic E-state index is -0.0578. The van der Waals surface area contributed by atoms with E-state index in [1.807, 2.05) is 54.6 Å². The van der Waals surface area contributed by atoms with Gasteiger partial charge in [0.1, 0.15) is 0 Å². The molecule has 0 spiro atoms. The number of nitrogens with one attached hydrogen (secondary N) is 2. The maximum atomic E-state index is 12.8. The first-order valence-electron chi connectivity index (χ1n) is 10.4. The van der Waals surface area contributed by atoms with Crippen molar-refractivity contribution in [1.82, 2.24) is 10.2 Å². The summed E-state index contributed by atoms with van der Waals surface area (Å²) in [7, 11) is 0. The number of amides is 1. The quantitative estimate of drug-likeness (QED) is 0.436. The highest BCUT2D eigenvalue weighted by molar-refractivity contribution is 5.96. The Hall–Kier alpha value is -3.71. The van der Waals surface area contributed by atoms with E-state index in [1.165, 1.54) is 0 Å². The number of carbonyl (C=O) groups is 1. The molecule has 7 heteroatoms. The minimum Gasteiger partial charge on any atom is -0.459 e. The molecule has 0 fully saturated rings. The van der Waals surface area contributed by atoms with E-state index in [4.69, 9.17) is 8.83 Å². The van der Waals surface area contributed by atoms with E-state index in [2.05, 4.69) is 22.4 Å². The molecule has 0 saturated heterocycles. The molecule has 2 heterocycles. The van der Waals surface area contributed by atoms with Crippen molar-refractivity contribution in [3.63, 3.8) is 0 Å². The zero-order valence-electron chi connectivity index (χ0n) is 17.4. The van der Waals surface area contributed by atoms with Gasteiger partial charge >= 0.3 is 0 Å². The number of quaternary nitrogens is 1. The third-order valence-corrected chi connectivity index (χ3v) is 4.90. The first-order chi connectivity index (χ1) is 15.2. The van der Waals surface area contributed by atoms with Crippen LogP contribution in [0.4, 0.5) is 5.69 Å². The van der Waals surface area contributed by atoms with E-state index >= 15 is 0 Å². The Labute approximate surface area is 180 Å². The van der Waals surface area contributed by atoms with Gasteiger partial charge in [-0.15, -0.1) is 10.2 Å². The van der Waals surface area contributed by atoms with Gasteiger partial charge in [0.2, 0.25) is 0 Å². The lowest BCUT2D eigenvalue weighted by Crippen LogP contribution is -3.11. The van der Waals surface area contributed by atoms with Gasteiger partial charge in [0, 0.05) is 11.3 Å². The summed E-state index contributed by atoms with van der Waals surface area (Å²) in [6.07, 6.45) is 2.49. The fourth-order valence-corrected chi connectivity index (χ4v) is 3.51. The van der Waals surface area contributed by atoms with E-state index in [9.17, 15) is 4.79 Å². The lowest BCUT2D eigenvalue weighted by molar-refractivity contribution is -0.907. The van der Waals surface area contributed by atoms with Crippen LogP contribution in [-0.2, 0) is 11.3 Å². The molecule has 158 valence electrons. The molecule has 1 atom stereocenters. The van der Waals surface area contributed by atoms with Crippen LogP contribution in [0.1, 0.15) is 19.2 Å². The average molecular weight is 417 g/mol. The van der Waals surface area contributed by atoms with Crippen molar-refractivity contribution in [3.8, 4) is 22.8 Å². The lowest BCUT2D eigenvalue weighted by atomic mass is 10.0. The maximum absolute atomic E-state index is 12.8. The maximum Gasteiger partial charge on any atom is 0.283 e. The predicted molar refractivity (Wildman–Crippen MR) is 117 cm³/mol. The molecule has 7 nitrogen and oxygen atoms in total. The van der Waals surface area contributed by atoms with Crippen molar-refractivity contribution >= 4 is 11.6 Å². The molecule has 0 aliphatic heterocycles. The summed E-state index contributed by atoms with van der Waals surface area (Å²) in [6, 6.07) is 21.4. The Balaban J connectivity index is 1.43. The molecule has 2 N–H and O–H groups in total. The number of rotatable bonds is 9. The summed E-state index contributed by atoms with van der Waals surface area (Å²) < 4.78 is 11.0. The predicted octanol–water partition coefficient (Wildman–Crippen LogP) is 3.43. The fourth-order valence-electron chi connectivity index (χ4n) is 3.51. The molecular formula is C24H25N4O3+. The number of carbonyl (C=O) groups excluding carboxylic acids is 1. The van der Waals surface area contributed by atoms with Crippen molar-refractivity contribution in [2.75, 3.05) is 18.4 Å². The van der Waals surface area contributed by atoms with Gasteiger partial charge in [-0.1, -0.05) is 55.5 Å². The summed E-state index contributed by atoms with van der Waals surface area (Å²) in [6.45, 7) is 3.67. The SMILES string of the molecule is CCC[NH+](CC(=O)Nc1ccccc1-c1ccccc1)Cc1nnc(-c2ccco2)o1. The van der Waals surface area contributed by atoms with Gasteiger partial charge in [0.25, 0.3) is 17.7 Å². The van der Waals surface area contributed by atoms with Crippen LogP contribution in [0.5, 0.6) is 0 Å². The Morgan fingerprint density at radius 3 is 2.58 bits per heavy atom. The van der Waals surface area contributed by atoms with Gasteiger partial charge in [0.15, 0.2) is 18.8 Å². The zero-order chi connectivity index (χ0) is 21.5. The van der Waals surface area contributed by atoms with Crippen LogP contribution in [-0.4, -0.2) is 29.2 Å². The number of anilines is 1. The minimum absolute atomic E-state index is 0.0578. The molecule has 1 amide bonds. The number of benzene rings is 2. The number of para-hydroxylation sites is 1. The van der Waals surface area contributed by atoms with Crippen molar-refractivity contribution < 1.29 is 18.5 Å². The zero-order valence-corrected chi connectivity index (χ0v) is 17.4. The smallest absolute Gasteiger partial charge is 0.283 e. The van der Waals surface area contributed by atoms with Crippen LogP contribution in [0.3, 0.4) is 0 Å². The second-order valence-corrected chi connectivity index (χ2v) is 7.29. The second kappa shape index (κ2) is 9.86. The van der Waals surface area contributed by atoms with E-state index in [1.54, 1.807) is 18.4 Å². The van der Waals surface area contributed by atoms with Gasteiger partial charge in [0.05, 0.1) is 12.8 Å². The normalized spacial score (nSPS) is 11.9. The van der Waals surface area contributed by atoms with Crippen molar-refractivity contribution in [1.29, 1.82) is 0 Å². The van der Waals surface area contributed by atoms with Gasteiger partial charge in [-0.05, 0) is 30.2 Å². The molecule has 1 unspecified atom stereocenters. The summed E-state index contributed by atoms with van der Waals surface area (Å²) in [5, 5.41) is 11.2. The molecule has 4 rings (SSSR count). The summed E-state index contributed by atoms with van der Waals surface area (Å²) in [5.41, 5.74) is 2.86. The van der Waals surface area contributed by atoms with E-state index < -0.39 is 0 Å². The Morgan fingerprint density at radius 1 is 1.00 bits per heavy atom. The van der Waals surface area contributed by atoms with Crippen LogP contribution >= 0.6 is 0 Å². The van der Waals surface area contributed by atoms with E-state index in [0.717, 1.165) is 34.7 Å². The molecule has 0 bridgehead atoms. The van der Waals surface area contributed by atoms with Crippen LogP contribution in [0.15, 0.2) is 81.8 Å². The number of hydrogen-bond acceptors (Lipinski definition) is 5. The molecule has 2 aromatic carbocycles. The summed E-state index contributed by atoms with van der Waals surface area (Å²) >= 11 is 0. The van der Waals surface area contributed by atoms with Gasteiger partial charge in [-0.2, -0.15) is 0 Å². The largest absolute Gasteiger partial charge is 0.459 e. The second-order valence-electron chi connectivity index (χ2n) is 7.29. The molecule has 4 aromatic rings. The van der Waals surface area contributed by atoms with Crippen LogP contribution < -0.4 is 10.2 Å². The third-order valence-electron chi connectivity index (χ3n) is 4.90. The van der Waals surface area contributed by atoms with Crippen molar-refractivity contribution in [3.05, 3.63) is 78.9 Å². The summed E-state index contributed by atoms with van der Waals surface area (Å²) in [5.74, 6) is 1.30. The average Bonchev–Trinajstić information content (AvgIpc) is 3.47. The fraction of sp³-hybridized carbons (Fsp3) is 0.208. The van der Waals surface area contributed by atoms with Crippen LogP contribution in [0.2, 0.25) is 0 Å². The van der Waals surface area contributed by atoms with Crippen molar-refractivity contribution in [2.24, 2.45) is 0 Å². The number of furan rings is 1. The highest BCUT2D eigenvalue weighted by atomic mass is 16.4. The standard InChI is InChI=1S/C24H24N4O3/c1-2-14-28(17-23-26-27-24(31-23)21-13-8-15-30-21)16-22(29)25-20-12-7-6-11-19(20)18-9-4-3-5-10-18/h3-13,15H,2,14,16-17H2,1H3,(H,25,29)/p+1. The van der Waals surface area contributed by atoms with Crippen molar-refractivity contribution in [2.45, 2.75) is 19.9 Å². The van der Waals surface area contributed by atoms with E-state index in [0.29, 0.717) is 30.6 Å². The molecule has 0 aliphatic carbocycles. The molecule has 2 aromatic heterocycles. The molecule has 31 heavy (non-hydrogen) atoms. The topological polar surface area (TPSA) is 85.6 Å². The lowest BCUT2D eigenvalue weighted by Gasteiger charge is -2.17.